The Balaban J connectivity index is 1.23. The Morgan fingerprint density at radius 3 is 1.38 bits per heavy atom. The van der Waals surface area contributed by atoms with Gasteiger partial charge in [0.25, 0.3) is 0 Å². The third kappa shape index (κ3) is 15.9. The van der Waals surface area contributed by atoms with E-state index in [4.69, 9.17) is 9.98 Å². The molecule has 1 aliphatic heterocycles. The number of anilines is 1. The Labute approximate surface area is 294 Å². The van der Waals surface area contributed by atoms with Crippen molar-refractivity contribution >= 4 is 18.0 Å². The van der Waals surface area contributed by atoms with Crippen LogP contribution in [0.25, 0.3) is 11.4 Å². The van der Waals surface area contributed by atoms with Crippen molar-refractivity contribution in [3.8, 4) is 11.4 Å². The zero-order valence-electron chi connectivity index (χ0n) is 31.5. The Kier molecular flexibility index (Phi) is 22.2. The number of aromatic nitrogens is 4. The molecular weight excluding hydrogens is 592 g/mol. The van der Waals surface area contributed by atoms with Crippen molar-refractivity contribution in [3.63, 3.8) is 0 Å². The van der Waals surface area contributed by atoms with Crippen LogP contribution in [0.5, 0.6) is 0 Å². The van der Waals surface area contributed by atoms with Gasteiger partial charge < -0.3 is 14.9 Å². The van der Waals surface area contributed by atoms with E-state index in [1.165, 1.54) is 173 Å². The third-order valence-electron chi connectivity index (χ3n) is 10.4. The fourth-order valence-corrected chi connectivity index (χ4v) is 7.31. The highest BCUT2D eigenvalue weighted by Gasteiger charge is 2.23. The van der Waals surface area contributed by atoms with E-state index >= 15 is 0 Å². The summed E-state index contributed by atoms with van der Waals surface area (Å²) in [4.78, 5) is 25.4. The Hall–Kier alpha value is -2.31. The number of hydrogen-bond donors (Lipinski definition) is 2. The molecule has 0 fully saturated rings. The number of H-pyrrole nitrogens is 1. The molecule has 0 saturated carbocycles. The molecule has 0 aliphatic carbocycles. The minimum Gasteiger partial charge on any atom is -0.330 e. The molecule has 0 aromatic carbocycles. The van der Waals surface area contributed by atoms with Crippen molar-refractivity contribution in [2.75, 3.05) is 5.32 Å². The maximum atomic E-state index is 12.9. The fraction of sp³-hybridized carbons (Fsp3) is 0.829. The number of fused-ring (bicyclic) bond motifs is 3. The molecule has 0 radical (unpaired) electrons. The van der Waals surface area contributed by atoms with Gasteiger partial charge in [0.15, 0.2) is 5.82 Å². The number of aryl methyl sites for hydroxylation is 1. The molecule has 7 heteroatoms. The van der Waals surface area contributed by atoms with Gasteiger partial charge in [0, 0.05) is 13.1 Å². The third-order valence-corrected chi connectivity index (χ3v) is 10.4. The van der Waals surface area contributed by atoms with Crippen molar-refractivity contribution in [2.24, 2.45) is 4.99 Å². The first-order valence-corrected chi connectivity index (χ1v) is 20.9. The molecule has 7 nitrogen and oxygen atoms in total. The van der Waals surface area contributed by atoms with Crippen LogP contribution < -0.4 is 11.0 Å². The Morgan fingerprint density at radius 1 is 0.542 bits per heavy atom. The number of imidazole rings is 2. The summed E-state index contributed by atoms with van der Waals surface area (Å²) in [5.41, 5.74) is 1.48. The van der Waals surface area contributed by atoms with E-state index in [1.807, 2.05) is 10.9 Å². The summed E-state index contributed by atoms with van der Waals surface area (Å²) in [5, 5.41) is 3.29. The number of unbranched alkanes of at least 4 members (excludes halogenated alkanes) is 28. The topological polar surface area (TPSA) is 80.0 Å². The maximum absolute atomic E-state index is 12.9. The second kappa shape index (κ2) is 26.5. The number of aliphatic imine (C=N–C) groups is 1. The van der Waals surface area contributed by atoms with Gasteiger partial charge in [0.05, 0.1) is 12.7 Å². The Morgan fingerprint density at radius 2 is 0.938 bits per heavy atom. The lowest BCUT2D eigenvalue weighted by molar-refractivity contribution is 0.517. The van der Waals surface area contributed by atoms with Gasteiger partial charge in [-0.05, 0) is 12.8 Å². The van der Waals surface area contributed by atoms with Crippen molar-refractivity contribution in [2.45, 2.75) is 220 Å². The zero-order valence-corrected chi connectivity index (χ0v) is 31.5. The molecule has 0 atom stereocenters. The van der Waals surface area contributed by atoms with Gasteiger partial charge in [-0.15, -0.1) is 0 Å². The summed E-state index contributed by atoms with van der Waals surface area (Å²) in [6, 6.07) is 0. The maximum Gasteiger partial charge on any atom is 0.327 e. The highest BCUT2D eigenvalue weighted by Crippen LogP contribution is 2.34. The van der Waals surface area contributed by atoms with Crippen LogP contribution >= 0.6 is 0 Å². The molecule has 2 aromatic heterocycles. The van der Waals surface area contributed by atoms with Gasteiger partial charge in [-0.1, -0.05) is 194 Å². The monoisotopic (exact) mass is 667 g/mol. The smallest absolute Gasteiger partial charge is 0.327 e. The lowest BCUT2D eigenvalue weighted by Gasteiger charge is -2.07. The second-order valence-corrected chi connectivity index (χ2v) is 14.7. The molecule has 0 amide bonds. The summed E-state index contributed by atoms with van der Waals surface area (Å²) in [6.07, 6.45) is 44.3. The first-order valence-electron chi connectivity index (χ1n) is 20.9. The standard InChI is InChI=1S/C41H74N6O/c1-3-5-7-9-11-13-15-17-18-19-20-21-22-24-26-28-30-32-34-47-40-38(45-41(47)48)37-39(42-35-43-40)46(36-44-37)33-31-29-27-25-23-16-14-12-10-8-6-4-2/h35-36H,3-34H2,1-2H3,(H,42,43)(H,45,48). The average Bonchev–Trinajstić information content (AvgIpc) is 3.58. The summed E-state index contributed by atoms with van der Waals surface area (Å²) < 4.78 is 3.99. The van der Waals surface area contributed by atoms with Gasteiger partial charge >= 0.3 is 5.69 Å². The first kappa shape index (κ1) is 40.1. The quantitative estimate of drug-likeness (QED) is 0.0763. The summed E-state index contributed by atoms with van der Waals surface area (Å²) in [5.74, 6) is 1.64. The predicted molar refractivity (Wildman–Crippen MR) is 208 cm³/mol. The summed E-state index contributed by atoms with van der Waals surface area (Å²) >= 11 is 0. The minimum atomic E-state index is -0.0590. The number of nitrogens with one attached hydrogen (secondary N) is 2. The molecule has 3 heterocycles. The van der Waals surface area contributed by atoms with Crippen LogP contribution in [0.1, 0.15) is 206 Å². The van der Waals surface area contributed by atoms with Crippen LogP contribution in [-0.4, -0.2) is 25.4 Å². The molecule has 0 unspecified atom stereocenters. The van der Waals surface area contributed by atoms with E-state index in [-0.39, 0.29) is 5.69 Å². The number of aromatic amines is 1. The molecule has 274 valence electrons. The van der Waals surface area contributed by atoms with Gasteiger partial charge in [0.1, 0.15) is 17.2 Å². The highest BCUT2D eigenvalue weighted by atomic mass is 16.1. The van der Waals surface area contributed by atoms with Crippen molar-refractivity contribution in [1.82, 2.24) is 19.1 Å². The normalized spacial score (nSPS) is 12.3. The average molecular weight is 667 g/mol. The van der Waals surface area contributed by atoms with Crippen molar-refractivity contribution in [1.29, 1.82) is 0 Å². The van der Waals surface area contributed by atoms with E-state index in [2.05, 4.69) is 28.7 Å². The van der Waals surface area contributed by atoms with Gasteiger partial charge in [-0.2, -0.15) is 0 Å². The number of nitrogens with zero attached hydrogens (tertiary/aromatic N) is 4. The SMILES string of the molecule is CCCCCCCCCCCCCCCCCCCCn1c2c([nH]c1=O)-c1ncn(CCCCCCCCCCCCCC)c1N=CN2. The molecule has 0 saturated heterocycles. The minimum absolute atomic E-state index is 0.0590. The van der Waals surface area contributed by atoms with Crippen LogP contribution in [0.4, 0.5) is 11.6 Å². The zero-order chi connectivity index (χ0) is 33.9. The van der Waals surface area contributed by atoms with Crippen LogP contribution in [0.2, 0.25) is 0 Å². The lowest BCUT2D eigenvalue weighted by atomic mass is 10.0. The van der Waals surface area contributed by atoms with Crippen molar-refractivity contribution < 1.29 is 0 Å². The van der Waals surface area contributed by atoms with Crippen LogP contribution in [-0.2, 0) is 13.1 Å². The largest absolute Gasteiger partial charge is 0.330 e. The second-order valence-electron chi connectivity index (χ2n) is 14.7. The summed E-state index contributed by atoms with van der Waals surface area (Å²) in [6.45, 7) is 6.21. The van der Waals surface area contributed by atoms with Crippen molar-refractivity contribution in [3.05, 3.63) is 16.8 Å². The molecule has 48 heavy (non-hydrogen) atoms. The van der Waals surface area contributed by atoms with E-state index in [1.54, 1.807) is 6.34 Å². The Bertz CT molecular complexity index is 1140. The lowest BCUT2D eigenvalue weighted by Crippen LogP contribution is -2.19. The summed E-state index contributed by atoms with van der Waals surface area (Å²) in [7, 11) is 0. The van der Waals surface area contributed by atoms with Crippen LogP contribution in [0.3, 0.4) is 0 Å². The number of hydrogen-bond acceptors (Lipinski definition) is 4. The van der Waals surface area contributed by atoms with Gasteiger partial charge in [-0.25, -0.2) is 14.8 Å². The van der Waals surface area contributed by atoms with Crippen LogP contribution in [0, 0.1) is 0 Å². The molecule has 0 bridgehead atoms. The number of rotatable bonds is 32. The molecule has 1 aliphatic rings. The van der Waals surface area contributed by atoms with Gasteiger partial charge in [0.2, 0.25) is 0 Å². The van der Waals surface area contributed by atoms with E-state index in [9.17, 15) is 4.79 Å². The fourth-order valence-electron chi connectivity index (χ4n) is 7.31. The highest BCUT2D eigenvalue weighted by molar-refractivity contribution is 5.89. The molecule has 2 N–H and O–H groups in total. The first-order chi connectivity index (χ1) is 23.8. The van der Waals surface area contributed by atoms with E-state index in [0.717, 1.165) is 55.4 Å². The van der Waals surface area contributed by atoms with E-state index in [0.29, 0.717) is 0 Å². The molecule has 3 rings (SSSR count). The molecule has 2 aromatic rings. The molecule has 0 spiro atoms. The van der Waals surface area contributed by atoms with Gasteiger partial charge in [-0.3, -0.25) is 4.57 Å². The molecular formula is C41H74N6O. The van der Waals surface area contributed by atoms with Crippen LogP contribution in [0.15, 0.2) is 16.1 Å². The predicted octanol–water partition coefficient (Wildman–Crippen LogP) is 12.9. The van der Waals surface area contributed by atoms with E-state index < -0.39 is 0 Å².